The van der Waals surface area contributed by atoms with Crippen LogP contribution in [0, 0.1) is 10.1 Å². The molecule has 2 aromatic carbocycles. The lowest BCUT2D eigenvalue weighted by molar-refractivity contribution is -0.384. The number of nitro groups is 1. The summed E-state index contributed by atoms with van der Waals surface area (Å²) in [5.41, 5.74) is 2.45. The van der Waals surface area contributed by atoms with Gasteiger partial charge in [0.2, 0.25) is 5.91 Å². The number of benzene rings is 2. The lowest BCUT2D eigenvalue weighted by atomic mass is 10.1. The van der Waals surface area contributed by atoms with Gasteiger partial charge in [-0.25, -0.2) is 0 Å². The fourth-order valence-electron chi connectivity index (χ4n) is 3.83. The van der Waals surface area contributed by atoms with Gasteiger partial charge in [0.15, 0.2) is 6.61 Å². The van der Waals surface area contributed by atoms with Crippen LogP contribution < -0.4 is 9.64 Å². The van der Waals surface area contributed by atoms with E-state index in [1.54, 1.807) is 11.9 Å². The minimum Gasteiger partial charge on any atom is -0.482 e. The maximum atomic E-state index is 12.9. The second-order valence-electron chi connectivity index (χ2n) is 6.94. The molecule has 8 heteroatoms. The van der Waals surface area contributed by atoms with Gasteiger partial charge in [-0.15, -0.1) is 0 Å². The van der Waals surface area contributed by atoms with Crippen LogP contribution >= 0.6 is 0 Å². The maximum Gasteiger partial charge on any atom is 0.271 e. The molecule has 1 aliphatic carbocycles. The molecule has 8 nitrogen and oxygen atoms in total. The van der Waals surface area contributed by atoms with E-state index >= 15 is 0 Å². The molecule has 4 rings (SSSR count). The SMILES string of the molecule is CN(C(=O)CN1C(=O)COc2ccc([N+](=O)[O-])cc21)C1CCc2ccccc21. The molecule has 0 saturated carbocycles. The van der Waals surface area contributed by atoms with Crippen LogP contribution in [0.25, 0.3) is 0 Å². The van der Waals surface area contributed by atoms with Crippen molar-refractivity contribution in [2.45, 2.75) is 18.9 Å². The van der Waals surface area contributed by atoms with E-state index in [-0.39, 0.29) is 36.5 Å². The Morgan fingerprint density at radius 2 is 2.11 bits per heavy atom. The molecule has 1 unspecified atom stereocenters. The van der Waals surface area contributed by atoms with Crippen molar-refractivity contribution in [2.24, 2.45) is 0 Å². The standard InChI is InChI=1S/C20H19N3O5/c1-21(16-8-6-13-4-2-3-5-15(13)16)19(24)11-22-17-10-14(23(26)27)7-9-18(17)28-12-20(22)25/h2-5,7,9-10,16H,6,8,11-12H2,1H3. The Bertz CT molecular complexity index is 974. The molecule has 1 aliphatic heterocycles. The van der Waals surface area contributed by atoms with Crippen molar-refractivity contribution in [3.05, 3.63) is 63.7 Å². The van der Waals surface area contributed by atoms with Gasteiger partial charge < -0.3 is 9.64 Å². The Morgan fingerprint density at radius 3 is 2.89 bits per heavy atom. The number of carbonyl (C=O) groups is 2. The van der Waals surface area contributed by atoms with E-state index in [9.17, 15) is 19.7 Å². The summed E-state index contributed by atoms with van der Waals surface area (Å²) in [7, 11) is 1.73. The third kappa shape index (κ3) is 3.06. The Labute approximate surface area is 161 Å². The van der Waals surface area contributed by atoms with Crippen LogP contribution in [0.3, 0.4) is 0 Å². The van der Waals surface area contributed by atoms with Crippen LogP contribution in [0.5, 0.6) is 5.75 Å². The topological polar surface area (TPSA) is 93.0 Å². The van der Waals surface area contributed by atoms with Gasteiger partial charge in [-0.3, -0.25) is 24.6 Å². The predicted molar refractivity (Wildman–Crippen MR) is 101 cm³/mol. The number of non-ortho nitro benzene ring substituents is 1. The van der Waals surface area contributed by atoms with Crippen molar-refractivity contribution >= 4 is 23.2 Å². The predicted octanol–water partition coefficient (Wildman–Crippen LogP) is 2.47. The molecule has 144 valence electrons. The molecule has 0 aromatic heterocycles. The Hall–Kier alpha value is -3.42. The largest absolute Gasteiger partial charge is 0.482 e. The lowest BCUT2D eigenvalue weighted by Crippen LogP contribution is -2.46. The first-order valence-corrected chi connectivity index (χ1v) is 9.01. The average molecular weight is 381 g/mol. The zero-order chi connectivity index (χ0) is 19.8. The zero-order valence-corrected chi connectivity index (χ0v) is 15.3. The van der Waals surface area contributed by atoms with E-state index in [1.807, 2.05) is 18.2 Å². The minimum atomic E-state index is -0.541. The average Bonchev–Trinajstić information content (AvgIpc) is 3.13. The first-order chi connectivity index (χ1) is 13.5. The number of nitrogens with zero attached hydrogens (tertiary/aromatic N) is 3. The van der Waals surface area contributed by atoms with Crippen LogP contribution in [0.2, 0.25) is 0 Å². The number of amides is 2. The molecule has 0 spiro atoms. The van der Waals surface area contributed by atoms with Crippen LogP contribution in [-0.4, -0.2) is 41.8 Å². The number of fused-ring (bicyclic) bond motifs is 2. The highest BCUT2D eigenvalue weighted by Crippen LogP contribution is 2.37. The summed E-state index contributed by atoms with van der Waals surface area (Å²) in [5, 5.41) is 11.1. The molecule has 2 aliphatic rings. The van der Waals surface area contributed by atoms with Crippen LogP contribution in [0.15, 0.2) is 42.5 Å². The van der Waals surface area contributed by atoms with Gasteiger partial charge in [-0.05, 0) is 30.0 Å². The summed E-state index contributed by atoms with van der Waals surface area (Å²) in [5.74, 6) is -0.275. The number of hydrogen-bond acceptors (Lipinski definition) is 5. The molecule has 1 atom stereocenters. The van der Waals surface area contributed by atoms with Crippen molar-refractivity contribution in [3.63, 3.8) is 0 Å². The summed E-state index contributed by atoms with van der Waals surface area (Å²) in [6.07, 6.45) is 1.74. The third-order valence-corrected chi connectivity index (χ3v) is 5.35. The molecule has 0 radical (unpaired) electrons. The van der Waals surface area contributed by atoms with Crippen molar-refractivity contribution in [1.82, 2.24) is 4.90 Å². The lowest BCUT2D eigenvalue weighted by Gasteiger charge is -2.32. The van der Waals surface area contributed by atoms with Crippen molar-refractivity contribution in [3.8, 4) is 5.75 Å². The molecule has 0 N–H and O–H groups in total. The van der Waals surface area contributed by atoms with Crippen LogP contribution in [0.4, 0.5) is 11.4 Å². The highest BCUT2D eigenvalue weighted by molar-refractivity contribution is 6.02. The number of ether oxygens (including phenoxy) is 1. The van der Waals surface area contributed by atoms with Crippen LogP contribution in [0.1, 0.15) is 23.6 Å². The number of anilines is 1. The summed E-state index contributed by atoms with van der Waals surface area (Å²) >= 11 is 0. The van der Waals surface area contributed by atoms with E-state index in [2.05, 4.69) is 6.07 Å². The molecule has 2 aromatic rings. The first kappa shape index (κ1) is 18.0. The molecular formula is C20H19N3O5. The minimum absolute atomic E-state index is 0.0376. The third-order valence-electron chi connectivity index (χ3n) is 5.35. The number of rotatable bonds is 4. The van der Waals surface area contributed by atoms with Gasteiger partial charge in [-0.2, -0.15) is 0 Å². The van der Waals surface area contributed by atoms with E-state index in [4.69, 9.17) is 4.74 Å². The number of hydrogen-bond donors (Lipinski definition) is 0. The Balaban J connectivity index is 1.57. The van der Waals surface area contributed by atoms with Gasteiger partial charge in [0.05, 0.1) is 16.7 Å². The van der Waals surface area contributed by atoms with E-state index in [0.29, 0.717) is 5.75 Å². The van der Waals surface area contributed by atoms with Gasteiger partial charge in [0.25, 0.3) is 11.6 Å². The van der Waals surface area contributed by atoms with Gasteiger partial charge in [0, 0.05) is 19.2 Å². The van der Waals surface area contributed by atoms with E-state index in [1.165, 1.54) is 28.7 Å². The second kappa shape index (κ2) is 6.95. The summed E-state index contributed by atoms with van der Waals surface area (Å²) in [4.78, 5) is 38.8. The monoisotopic (exact) mass is 381 g/mol. The molecule has 0 saturated heterocycles. The molecular weight excluding hydrogens is 362 g/mol. The number of likely N-dealkylation sites (N-methyl/N-ethyl adjacent to an activating group) is 1. The Morgan fingerprint density at radius 1 is 1.32 bits per heavy atom. The van der Waals surface area contributed by atoms with E-state index in [0.717, 1.165) is 18.4 Å². The molecule has 1 heterocycles. The normalized spacial score (nSPS) is 17.5. The summed E-state index contributed by atoms with van der Waals surface area (Å²) in [6, 6.07) is 12.0. The first-order valence-electron chi connectivity index (χ1n) is 9.01. The quantitative estimate of drug-likeness (QED) is 0.599. The van der Waals surface area contributed by atoms with E-state index < -0.39 is 10.8 Å². The maximum absolute atomic E-state index is 12.9. The fraction of sp³-hybridized carbons (Fsp3) is 0.300. The Kier molecular flexibility index (Phi) is 4.46. The summed E-state index contributed by atoms with van der Waals surface area (Å²) < 4.78 is 5.35. The molecule has 2 amide bonds. The number of aryl methyl sites for hydroxylation is 1. The van der Waals surface area contributed by atoms with Crippen molar-refractivity contribution in [1.29, 1.82) is 0 Å². The second-order valence-corrected chi connectivity index (χ2v) is 6.94. The summed E-state index contributed by atoms with van der Waals surface area (Å²) in [6.45, 7) is -0.389. The molecule has 0 bridgehead atoms. The van der Waals surface area contributed by atoms with Gasteiger partial charge in [-0.1, -0.05) is 24.3 Å². The highest BCUT2D eigenvalue weighted by Gasteiger charge is 2.33. The molecule has 0 fully saturated rings. The van der Waals surface area contributed by atoms with Crippen LogP contribution in [-0.2, 0) is 16.0 Å². The van der Waals surface area contributed by atoms with Crippen molar-refractivity contribution < 1.29 is 19.2 Å². The van der Waals surface area contributed by atoms with Gasteiger partial charge in [0.1, 0.15) is 12.3 Å². The smallest absolute Gasteiger partial charge is 0.271 e. The fourth-order valence-corrected chi connectivity index (χ4v) is 3.83. The highest BCUT2D eigenvalue weighted by atomic mass is 16.6. The zero-order valence-electron chi connectivity index (χ0n) is 15.3. The molecule has 28 heavy (non-hydrogen) atoms. The van der Waals surface area contributed by atoms with Gasteiger partial charge >= 0.3 is 0 Å². The van der Waals surface area contributed by atoms with Crippen molar-refractivity contribution in [2.75, 3.05) is 25.1 Å². The number of nitro benzene ring substituents is 1. The number of carbonyl (C=O) groups excluding carboxylic acids is 2.